The van der Waals surface area contributed by atoms with Crippen LogP contribution in [0.15, 0.2) is 54.6 Å². The Labute approximate surface area is 154 Å². The van der Waals surface area contributed by atoms with Crippen LogP contribution in [0.1, 0.15) is 36.1 Å². The Hall–Kier alpha value is -2.87. The lowest BCUT2D eigenvalue weighted by atomic mass is 9.89. The van der Waals surface area contributed by atoms with Gasteiger partial charge >= 0.3 is 6.18 Å². The number of amides is 2. The molecule has 2 unspecified atom stereocenters. The topological polar surface area (TPSA) is 98.2 Å². The van der Waals surface area contributed by atoms with Gasteiger partial charge in [-0.3, -0.25) is 9.59 Å². The lowest BCUT2D eigenvalue weighted by Crippen LogP contribution is -2.53. The molecule has 0 aliphatic rings. The van der Waals surface area contributed by atoms with Crippen LogP contribution < -0.4 is 16.8 Å². The van der Waals surface area contributed by atoms with E-state index in [1.807, 2.05) is 0 Å². The first-order valence-electron chi connectivity index (χ1n) is 8.13. The molecule has 2 aromatic rings. The van der Waals surface area contributed by atoms with E-state index in [0.717, 1.165) is 18.2 Å². The first kappa shape index (κ1) is 20.4. The Morgan fingerprint density at radius 2 is 1.63 bits per heavy atom. The summed E-state index contributed by atoms with van der Waals surface area (Å²) in [5.74, 6) is -1.59. The molecule has 0 fully saturated rings. The number of alkyl halides is 3. The fourth-order valence-electron chi connectivity index (χ4n) is 2.63. The Morgan fingerprint density at radius 1 is 1.04 bits per heavy atom. The Bertz CT molecular complexity index is 824. The summed E-state index contributed by atoms with van der Waals surface area (Å²) in [6.45, 7) is 1.26. The SMILES string of the molecule is CC(NC(=O)CC(N)c1ccccc1)(C(N)=O)c1cccc(C(F)(F)F)c1. The van der Waals surface area contributed by atoms with Crippen molar-refractivity contribution in [2.24, 2.45) is 11.5 Å². The number of carbonyl (C=O) groups is 2. The summed E-state index contributed by atoms with van der Waals surface area (Å²) in [6, 6.07) is 12.3. The van der Waals surface area contributed by atoms with E-state index in [9.17, 15) is 22.8 Å². The predicted molar refractivity (Wildman–Crippen MR) is 94.1 cm³/mol. The Balaban J connectivity index is 2.24. The number of nitrogens with two attached hydrogens (primary N) is 2. The summed E-state index contributed by atoms with van der Waals surface area (Å²) < 4.78 is 38.9. The molecule has 2 aromatic carbocycles. The van der Waals surface area contributed by atoms with Crippen LogP contribution in [-0.2, 0) is 21.3 Å². The molecule has 2 rings (SSSR count). The largest absolute Gasteiger partial charge is 0.416 e. The van der Waals surface area contributed by atoms with Gasteiger partial charge in [-0.05, 0) is 30.2 Å². The number of primary amides is 1. The van der Waals surface area contributed by atoms with E-state index in [-0.39, 0.29) is 12.0 Å². The van der Waals surface area contributed by atoms with Gasteiger partial charge in [0.15, 0.2) is 0 Å². The van der Waals surface area contributed by atoms with Crippen molar-refractivity contribution in [2.75, 3.05) is 0 Å². The zero-order valence-electron chi connectivity index (χ0n) is 14.6. The molecule has 0 bridgehead atoms. The summed E-state index contributed by atoms with van der Waals surface area (Å²) in [7, 11) is 0. The maximum Gasteiger partial charge on any atom is 0.416 e. The fourth-order valence-corrected chi connectivity index (χ4v) is 2.63. The minimum absolute atomic E-state index is 0.0635. The van der Waals surface area contributed by atoms with Crippen LogP contribution in [0, 0.1) is 0 Å². The van der Waals surface area contributed by atoms with E-state index < -0.39 is 35.1 Å². The number of hydrogen-bond donors (Lipinski definition) is 3. The molecule has 27 heavy (non-hydrogen) atoms. The van der Waals surface area contributed by atoms with Crippen LogP contribution in [0.4, 0.5) is 13.2 Å². The summed E-state index contributed by atoms with van der Waals surface area (Å²) in [4.78, 5) is 24.3. The predicted octanol–water partition coefficient (Wildman–Crippen LogP) is 2.61. The molecule has 0 spiro atoms. The number of benzene rings is 2. The molecule has 0 aliphatic heterocycles. The van der Waals surface area contributed by atoms with Gasteiger partial charge in [0, 0.05) is 12.5 Å². The van der Waals surface area contributed by atoms with Crippen LogP contribution in [0.5, 0.6) is 0 Å². The third kappa shape index (κ3) is 4.85. The van der Waals surface area contributed by atoms with E-state index in [0.29, 0.717) is 5.56 Å². The average molecular weight is 379 g/mol. The Kier molecular flexibility index (Phi) is 5.90. The van der Waals surface area contributed by atoms with E-state index in [2.05, 4.69) is 5.32 Å². The lowest BCUT2D eigenvalue weighted by molar-refractivity contribution is -0.138. The number of rotatable bonds is 6. The highest BCUT2D eigenvalue weighted by molar-refractivity contribution is 5.91. The van der Waals surface area contributed by atoms with Crippen molar-refractivity contribution in [1.29, 1.82) is 0 Å². The molecule has 144 valence electrons. The van der Waals surface area contributed by atoms with Crippen LogP contribution in [0.25, 0.3) is 0 Å². The molecule has 0 aromatic heterocycles. The molecule has 8 heteroatoms. The van der Waals surface area contributed by atoms with Crippen molar-refractivity contribution in [3.63, 3.8) is 0 Å². The van der Waals surface area contributed by atoms with Crippen molar-refractivity contribution in [1.82, 2.24) is 5.32 Å². The lowest BCUT2D eigenvalue weighted by Gasteiger charge is -2.29. The molecule has 0 heterocycles. The second-order valence-electron chi connectivity index (χ2n) is 6.34. The van der Waals surface area contributed by atoms with Gasteiger partial charge in [-0.2, -0.15) is 13.2 Å². The van der Waals surface area contributed by atoms with Crippen LogP contribution in [0.2, 0.25) is 0 Å². The van der Waals surface area contributed by atoms with Gasteiger partial charge in [-0.15, -0.1) is 0 Å². The van der Waals surface area contributed by atoms with Crippen molar-refractivity contribution in [3.05, 3.63) is 71.3 Å². The fraction of sp³-hybridized carbons (Fsp3) is 0.263. The first-order valence-corrected chi connectivity index (χ1v) is 8.13. The van der Waals surface area contributed by atoms with Gasteiger partial charge in [0.05, 0.1) is 5.56 Å². The normalized spacial score (nSPS) is 14.9. The highest BCUT2D eigenvalue weighted by atomic mass is 19.4. The molecular formula is C19H20F3N3O2. The molecule has 0 saturated heterocycles. The highest BCUT2D eigenvalue weighted by Gasteiger charge is 2.38. The molecule has 0 aliphatic carbocycles. The third-order valence-corrected chi connectivity index (χ3v) is 4.28. The smallest absolute Gasteiger partial charge is 0.367 e. The minimum Gasteiger partial charge on any atom is -0.367 e. The molecule has 5 nitrogen and oxygen atoms in total. The molecule has 5 N–H and O–H groups in total. The van der Waals surface area contributed by atoms with Crippen LogP contribution in [0.3, 0.4) is 0 Å². The Morgan fingerprint density at radius 3 is 2.19 bits per heavy atom. The van der Waals surface area contributed by atoms with Gasteiger partial charge in [-0.1, -0.05) is 42.5 Å². The number of hydrogen-bond acceptors (Lipinski definition) is 3. The first-order chi connectivity index (χ1) is 12.5. The summed E-state index contributed by atoms with van der Waals surface area (Å²) >= 11 is 0. The zero-order valence-corrected chi connectivity index (χ0v) is 14.6. The average Bonchev–Trinajstić information content (AvgIpc) is 2.61. The van der Waals surface area contributed by atoms with Gasteiger partial charge in [0.2, 0.25) is 11.8 Å². The van der Waals surface area contributed by atoms with Crippen molar-refractivity contribution < 1.29 is 22.8 Å². The molecule has 2 amide bonds. The molecule has 0 radical (unpaired) electrons. The molecule has 0 saturated carbocycles. The second-order valence-corrected chi connectivity index (χ2v) is 6.34. The van der Waals surface area contributed by atoms with Gasteiger partial charge in [0.25, 0.3) is 0 Å². The van der Waals surface area contributed by atoms with Crippen LogP contribution >= 0.6 is 0 Å². The zero-order chi connectivity index (χ0) is 20.2. The van der Waals surface area contributed by atoms with Crippen molar-refractivity contribution >= 4 is 11.8 Å². The maximum atomic E-state index is 13.0. The van der Waals surface area contributed by atoms with Crippen LogP contribution in [-0.4, -0.2) is 11.8 Å². The quantitative estimate of drug-likeness (QED) is 0.720. The second kappa shape index (κ2) is 7.79. The van der Waals surface area contributed by atoms with E-state index >= 15 is 0 Å². The number of carbonyl (C=O) groups excluding carboxylic acids is 2. The highest BCUT2D eigenvalue weighted by Crippen LogP contribution is 2.32. The van der Waals surface area contributed by atoms with Gasteiger partial charge in [0.1, 0.15) is 5.54 Å². The third-order valence-electron chi connectivity index (χ3n) is 4.28. The van der Waals surface area contributed by atoms with E-state index in [1.165, 1.54) is 13.0 Å². The minimum atomic E-state index is -4.59. The standard InChI is InChI=1S/C19H20F3N3O2/c1-18(17(24)27,13-8-5-9-14(10-13)19(20,21)22)25-16(26)11-15(23)12-6-3-2-4-7-12/h2-10,15H,11,23H2,1H3,(H2,24,27)(H,25,26). The summed E-state index contributed by atoms with van der Waals surface area (Å²) in [5.41, 5.74) is 9.27. The number of nitrogens with one attached hydrogen (secondary N) is 1. The van der Waals surface area contributed by atoms with Crippen molar-refractivity contribution in [3.8, 4) is 0 Å². The van der Waals surface area contributed by atoms with E-state index in [4.69, 9.17) is 11.5 Å². The van der Waals surface area contributed by atoms with Gasteiger partial charge < -0.3 is 16.8 Å². The molecule has 2 atom stereocenters. The number of halogens is 3. The van der Waals surface area contributed by atoms with Crippen molar-refractivity contribution in [2.45, 2.75) is 31.1 Å². The van der Waals surface area contributed by atoms with E-state index in [1.54, 1.807) is 30.3 Å². The molecular weight excluding hydrogens is 359 g/mol. The maximum absolute atomic E-state index is 13.0. The van der Waals surface area contributed by atoms with Gasteiger partial charge in [-0.25, -0.2) is 0 Å². The summed E-state index contributed by atoms with van der Waals surface area (Å²) in [5, 5.41) is 2.43. The summed E-state index contributed by atoms with van der Waals surface area (Å²) in [6.07, 6.45) is -4.75. The monoisotopic (exact) mass is 379 g/mol.